The first-order valence-electron chi connectivity index (χ1n) is 9.49. The van der Waals surface area contributed by atoms with E-state index in [1.807, 2.05) is 27.8 Å². The van der Waals surface area contributed by atoms with Gasteiger partial charge >= 0.3 is 0 Å². The molecule has 0 N–H and O–H groups in total. The minimum Gasteiger partial charge on any atom is -0.332 e. The highest BCUT2D eigenvalue weighted by molar-refractivity contribution is 5.94. The van der Waals surface area contributed by atoms with Crippen LogP contribution in [0.5, 0.6) is 0 Å². The number of para-hydroxylation sites is 1. The van der Waals surface area contributed by atoms with Gasteiger partial charge in [-0.2, -0.15) is 5.10 Å². The molecule has 0 atom stereocenters. The van der Waals surface area contributed by atoms with Crippen LogP contribution in [-0.2, 0) is 12.8 Å². The zero-order valence-corrected chi connectivity index (χ0v) is 15.8. The molecule has 1 aliphatic rings. The highest BCUT2D eigenvalue weighted by atomic mass is 16.2. The Morgan fingerprint density at radius 1 is 1.00 bits per heavy atom. The first-order valence-corrected chi connectivity index (χ1v) is 9.49. The van der Waals surface area contributed by atoms with Crippen LogP contribution in [0, 0.1) is 0 Å². The second-order valence-electron chi connectivity index (χ2n) is 7.48. The van der Waals surface area contributed by atoms with Crippen LogP contribution in [0.3, 0.4) is 0 Å². The molecule has 25 heavy (non-hydrogen) atoms. The van der Waals surface area contributed by atoms with Gasteiger partial charge in [0.1, 0.15) is 0 Å². The molecular weight excluding hydrogens is 310 g/mol. The third-order valence-corrected chi connectivity index (χ3v) is 4.98. The summed E-state index contributed by atoms with van der Waals surface area (Å²) in [5, 5.41) is 4.81. The summed E-state index contributed by atoms with van der Waals surface area (Å²) in [5.74, 6) is 0.0674. The largest absolute Gasteiger partial charge is 0.332 e. The number of amides is 1. The lowest BCUT2D eigenvalue weighted by Gasteiger charge is -2.30. The van der Waals surface area contributed by atoms with Crippen LogP contribution in [0.4, 0.5) is 0 Å². The molecule has 0 bridgehead atoms. The van der Waals surface area contributed by atoms with E-state index in [1.54, 1.807) is 0 Å². The van der Waals surface area contributed by atoms with Crippen LogP contribution in [0.1, 0.15) is 68.7 Å². The number of rotatable bonds is 4. The Morgan fingerprint density at radius 2 is 1.64 bits per heavy atom. The molecule has 4 nitrogen and oxygen atoms in total. The number of fused-ring (bicyclic) bond motifs is 1. The maximum absolute atomic E-state index is 13.3. The standard InChI is InChI=1S/C21H29N3O/c1-15(2)23(16(3)4)21(25)20-18-13-9-6-10-14-19(18)24(22-20)17-11-7-5-8-12-17/h5,7-8,11-12,15-16H,6,9-10,13-14H2,1-4H3. The van der Waals surface area contributed by atoms with Gasteiger partial charge in [0.05, 0.1) is 5.69 Å². The van der Waals surface area contributed by atoms with Crippen molar-refractivity contribution in [1.82, 2.24) is 14.7 Å². The molecule has 0 spiro atoms. The van der Waals surface area contributed by atoms with Crippen LogP contribution in [0.2, 0.25) is 0 Å². The Morgan fingerprint density at radius 3 is 2.28 bits per heavy atom. The molecule has 134 valence electrons. The topological polar surface area (TPSA) is 38.1 Å². The van der Waals surface area contributed by atoms with E-state index in [0.717, 1.165) is 36.9 Å². The minimum absolute atomic E-state index is 0.0674. The van der Waals surface area contributed by atoms with Crippen molar-refractivity contribution in [3.05, 3.63) is 47.3 Å². The average Bonchev–Trinajstić information content (AvgIpc) is 2.76. The maximum Gasteiger partial charge on any atom is 0.275 e. The van der Waals surface area contributed by atoms with Crippen LogP contribution in [0.25, 0.3) is 5.69 Å². The summed E-state index contributed by atoms with van der Waals surface area (Å²) in [5.41, 5.74) is 4.08. The molecule has 1 aromatic carbocycles. The molecule has 0 saturated heterocycles. The van der Waals surface area contributed by atoms with Gasteiger partial charge in [0, 0.05) is 23.3 Å². The van der Waals surface area contributed by atoms with E-state index in [1.165, 1.54) is 12.1 Å². The number of nitrogens with zero attached hydrogens (tertiary/aromatic N) is 3. The molecule has 2 aromatic rings. The first-order chi connectivity index (χ1) is 12.0. The summed E-state index contributed by atoms with van der Waals surface area (Å²) in [6.07, 6.45) is 5.46. The third-order valence-electron chi connectivity index (χ3n) is 4.98. The Balaban J connectivity index is 2.11. The van der Waals surface area contributed by atoms with Crippen molar-refractivity contribution >= 4 is 5.91 Å². The van der Waals surface area contributed by atoms with Gasteiger partial charge in [0.15, 0.2) is 5.69 Å². The lowest BCUT2D eigenvalue weighted by molar-refractivity contribution is 0.0636. The molecule has 0 unspecified atom stereocenters. The van der Waals surface area contributed by atoms with E-state index in [2.05, 4.69) is 39.8 Å². The highest BCUT2D eigenvalue weighted by Gasteiger charge is 2.30. The number of benzene rings is 1. The zero-order valence-electron chi connectivity index (χ0n) is 15.8. The number of hydrogen-bond donors (Lipinski definition) is 0. The second kappa shape index (κ2) is 7.42. The summed E-state index contributed by atoms with van der Waals surface area (Å²) >= 11 is 0. The van der Waals surface area contributed by atoms with Crippen molar-refractivity contribution < 1.29 is 4.79 Å². The fraction of sp³-hybridized carbons (Fsp3) is 0.524. The van der Waals surface area contributed by atoms with E-state index in [-0.39, 0.29) is 18.0 Å². The Bertz CT molecular complexity index is 723. The van der Waals surface area contributed by atoms with Crippen molar-refractivity contribution in [3.63, 3.8) is 0 Å². The molecule has 0 radical (unpaired) electrons. The number of carbonyl (C=O) groups is 1. The van der Waals surface area contributed by atoms with Gasteiger partial charge < -0.3 is 4.90 Å². The summed E-state index contributed by atoms with van der Waals surface area (Å²) < 4.78 is 2.01. The normalized spacial score (nSPS) is 14.5. The lowest BCUT2D eigenvalue weighted by atomic mass is 10.1. The molecule has 1 amide bonds. The average molecular weight is 339 g/mol. The van der Waals surface area contributed by atoms with Crippen LogP contribution in [-0.4, -0.2) is 32.7 Å². The lowest BCUT2D eigenvalue weighted by Crippen LogP contribution is -2.42. The molecule has 3 rings (SSSR count). The number of carbonyl (C=O) groups excluding carboxylic acids is 1. The van der Waals surface area contributed by atoms with Crippen molar-refractivity contribution in [1.29, 1.82) is 0 Å². The molecule has 1 heterocycles. The molecule has 1 aromatic heterocycles. The van der Waals surface area contributed by atoms with E-state index in [9.17, 15) is 4.79 Å². The molecule has 0 aliphatic heterocycles. The molecule has 4 heteroatoms. The minimum atomic E-state index is 0.0674. The summed E-state index contributed by atoms with van der Waals surface area (Å²) in [4.78, 5) is 15.3. The molecular formula is C21H29N3O. The van der Waals surface area contributed by atoms with Gasteiger partial charge in [0.2, 0.25) is 0 Å². The SMILES string of the molecule is CC(C)N(C(=O)c1nn(-c2ccccc2)c2c1CCCCC2)C(C)C. The Hall–Kier alpha value is -2.10. The smallest absolute Gasteiger partial charge is 0.275 e. The fourth-order valence-corrected chi connectivity index (χ4v) is 3.92. The highest BCUT2D eigenvalue weighted by Crippen LogP contribution is 2.28. The number of hydrogen-bond acceptors (Lipinski definition) is 2. The molecule has 1 aliphatic carbocycles. The summed E-state index contributed by atoms with van der Waals surface area (Å²) in [6, 6.07) is 10.5. The van der Waals surface area contributed by atoms with Gasteiger partial charge in [-0.25, -0.2) is 4.68 Å². The van der Waals surface area contributed by atoms with E-state index in [4.69, 9.17) is 5.10 Å². The van der Waals surface area contributed by atoms with Crippen molar-refractivity contribution in [2.24, 2.45) is 0 Å². The fourth-order valence-electron chi connectivity index (χ4n) is 3.92. The predicted molar refractivity (Wildman–Crippen MR) is 101 cm³/mol. The molecule has 0 fully saturated rings. The third kappa shape index (κ3) is 3.48. The molecule has 0 saturated carbocycles. The van der Waals surface area contributed by atoms with Gasteiger partial charge in [0.25, 0.3) is 5.91 Å². The van der Waals surface area contributed by atoms with Gasteiger partial charge in [-0.3, -0.25) is 4.79 Å². The Labute approximate surface area is 150 Å². The van der Waals surface area contributed by atoms with Crippen molar-refractivity contribution in [2.75, 3.05) is 0 Å². The van der Waals surface area contributed by atoms with Gasteiger partial charge in [-0.1, -0.05) is 24.6 Å². The van der Waals surface area contributed by atoms with Crippen LogP contribution >= 0.6 is 0 Å². The van der Waals surface area contributed by atoms with E-state index >= 15 is 0 Å². The van der Waals surface area contributed by atoms with Crippen LogP contribution in [0.15, 0.2) is 30.3 Å². The van der Waals surface area contributed by atoms with Crippen molar-refractivity contribution in [3.8, 4) is 5.69 Å². The quantitative estimate of drug-likeness (QED) is 0.774. The van der Waals surface area contributed by atoms with Crippen LogP contribution < -0.4 is 0 Å². The maximum atomic E-state index is 13.3. The Kier molecular flexibility index (Phi) is 5.26. The van der Waals surface area contributed by atoms with Gasteiger partial charge in [-0.05, 0) is 65.5 Å². The number of aromatic nitrogens is 2. The first kappa shape index (κ1) is 17.7. The predicted octanol–water partition coefficient (Wildman–Crippen LogP) is 4.40. The van der Waals surface area contributed by atoms with Gasteiger partial charge in [-0.15, -0.1) is 0 Å². The van der Waals surface area contributed by atoms with E-state index in [0.29, 0.717) is 5.69 Å². The summed E-state index contributed by atoms with van der Waals surface area (Å²) in [7, 11) is 0. The zero-order chi connectivity index (χ0) is 18.0. The second-order valence-corrected chi connectivity index (χ2v) is 7.48. The summed E-state index contributed by atoms with van der Waals surface area (Å²) in [6.45, 7) is 8.30. The monoisotopic (exact) mass is 339 g/mol. The van der Waals surface area contributed by atoms with E-state index < -0.39 is 0 Å². The van der Waals surface area contributed by atoms with Crippen molar-refractivity contribution in [2.45, 2.75) is 71.9 Å².